The fraction of sp³-hybridized carbons (Fsp3) is 0.0455. The van der Waals surface area contributed by atoms with Gasteiger partial charge in [0.15, 0.2) is 0 Å². The molecule has 0 atom stereocenters. The number of anilines is 2. The van der Waals surface area contributed by atoms with E-state index in [1.165, 1.54) is 6.33 Å². The van der Waals surface area contributed by atoms with Gasteiger partial charge in [0, 0.05) is 16.6 Å². The number of aromatic nitrogens is 2. The molecule has 0 aliphatic carbocycles. The van der Waals surface area contributed by atoms with Gasteiger partial charge in [-0.2, -0.15) is 0 Å². The van der Waals surface area contributed by atoms with Crippen molar-refractivity contribution in [1.29, 1.82) is 0 Å². The van der Waals surface area contributed by atoms with Gasteiger partial charge in [-0.15, -0.1) is 0 Å². The average Bonchev–Trinajstić information content (AvgIpc) is 2.69. The van der Waals surface area contributed by atoms with E-state index in [2.05, 4.69) is 15.3 Å². The van der Waals surface area contributed by atoms with E-state index in [9.17, 15) is 4.79 Å². The van der Waals surface area contributed by atoms with E-state index >= 15 is 0 Å². The monoisotopic (exact) mass is 354 g/mol. The number of nitrogens with one attached hydrogen (secondary N) is 1. The quantitative estimate of drug-likeness (QED) is 0.570. The molecule has 4 aromatic rings. The number of carbonyl (C=O) groups excluding carboxylic acids is 1. The Hall–Kier alpha value is -3.73. The lowest BCUT2D eigenvalue weighted by Crippen LogP contribution is -2.12. The van der Waals surface area contributed by atoms with Crippen LogP contribution in [0.3, 0.4) is 0 Å². The van der Waals surface area contributed by atoms with E-state index in [0.717, 1.165) is 33.3 Å². The number of para-hydroxylation sites is 1. The number of nitrogen functional groups attached to an aromatic ring is 1. The van der Waals surface area contributed by atoms with E-state index in [1.54, 1.807) is 0 Å². The zero-order chi connectivity index (χ0) is 18.8. The fourth-order valence-corrected chi connectivity index (χ4v) is 3.04. The minimum atomic E-state index is -0.147. The second-order valence-corrected chi connectivity index (χ2v) is 6.34. The molecule has 0 unspecified atom stereocenters. The van der Waals surface area contributed by atoms with Crippen LogP contribution < -0.4 is 11.1 Å². The standard InChI is InChI=1S/C22H18N4O/c1-14-7-8-16(22(27)26-17-5-3-2-4-6-17)12-18(14)15-9-10-20-19(11-15)21(23)25-13-24-20/h2-13H,1H3,(H,26,27)(H2,23,24,25). The number of nitrogens with zero attached hydrogens (tertiary/aromatic N) is 2. The number of fused-ring (bicyclic) bond motifs is 1. The van der Waals surface area contributed by atoms with Crippen molar-refractivity contribution in [2.45, 2.75) is 6.92 Å². The normalized spacial score (nSPS) is 10.7. The van der Waals surface area contributed by atoms with Gasteiger partial charge in [-0.1, -0.05) is 30.3 Å². The second-order valence-electron chi connectivity index (χ2n) is 6.34. The molecule has 1 amide bonds. The van der Waals surface area contributed by atoms with Crippen LogP contribution in [0, 0.1) is 6.92 Å². The predicted octanol–water partition coefficient (Wildman–Crippen LogP) is 4.44. The number of benzene rings is 3. The molecule has 0 fully saturated rings. The van der Waals surface area contributed by atoms with Crippen LogP contribution in [0.2, 0.25) is 0 Å². The van der Waals surface area contributed by atoms with E-state index in [1.807, 2.05) is 73.7 Å². The van der Waals surface area contributed by atoms with E-state index in [4.69, 9.17) is 5.73 Å². The fourth-order valence-electron chi connectivity index (χ4n) is 3.04. The van der Waals surface area contributed by atoms with Crippen LogP contribution in [0.5, 0.6) is 0 Å². The van der Waals surface area contributed by atoms with Crippen LogP contribution in [0.1, 0.15) is 15.9 Å². The molecule has 132 valence electrons. The predicted molar refractivity (Wildman–Crippen MR) is 109 cm³/mol. The maximum atomic E-state index is 12.6. The van der Waals surface area contributed by atoms with Gasteiger partial charge in [0.25, 0.3) is 5.91 Å². The number of carbonyl (C=O) groups is 1. The largest absolute Gasteiger partial charge is 0.383 e. The first-order valence-corrected chi connectivity index (χ1v) is 8.59. The third-order valence-corrected chi connectivity index (χ3v) is 4.51. The summed E-state index contributed by atoms with van der Waals surface area (Å²) >= 11 is 0. The van der Waals surface area contributed by atoms with Crippen LogP contribution in [0.4, 0.5) is 11.5 Å². The Labute approximate surface area is 156 Å². The molecule has 5 heteroatoms. The molecule has 0 saturated heterocycles. The topological polar surface area (TPSA) is 80.9 Å². The lowest BCUT2D eigenvalue weighted by Gasteiger charge is -2.11. The third-order valence-electron chi connectivity index (χ3n) is 4.51. The molecular formula is C22H18N4O. The molecule has 1 aromatic heterocycles. The van der Waals surface area contributed by atoms with Crippen LogP contribution in [-0.4, -0.2) is 15.9 Å². The van der Waals surface area contributed by atoms with Crippen molar-refractivity contribution in [1.82, 2.24) is 9.97 Å². The number of nitrogens with two attached hydrogens (primary N) is 1. The van der Waals surface area contributed by atoms with Crippen molar-refractivity contribution < 1.29 is 4.79 Å². The van der Waals surface area contributed by atoms with Gasteiger partial charge >= 0.3 is 0 Å². The summed E-state index contributed by atoms with van der Waals surface area (Å²) in [5, 5.41) is 3.72. The molecule has 4 rings (SSSR count). The molecule has 3 aromatic carbocycles. The summed E-state index contributed by atoms with van der Waals surface area (Å²) in [4.78, 5) is 20.9. The van der Waals surface area contributed by atoms with Crippen molar-refractivity contribution in [3.05, 3.63) is 84.2 Å². The minimum absolute atomic E-state index is 0.147. The van der Waals surface area contributed by atoms with Crippen LogP contribution >= 0.6 is 0 Å². The van der Waals surface area contributed by atoms with Crippen molar-refractivity contribution in [2.24, 2.45) is 0 Å². The highest BCUT2D eigenvalue weighted by molar-refractivity contribution is 6.05. The van der Waals surface area contributed by atoms with Gasteiger partial charge in [0.1, 0.15) is 12.1 Å². The van der Waals surface area contributed by atoms with Crippen LogP contribution in [0.25, 0.3) is 22.0 Å². The molecule has 0 aliphatic rings. The number of hydrogen-bond donors (Lipinski definition) is 2. The Morgan fingerprint density at radius 2 is 1.78 bits per heavy atom. The maximum Gasteiger partial charge on any atom is 0.255 e. The van der Waals surface area contributed by atoms with E-state index in [-0.39, 0.29) is 5.91 Å². The van der Waals surface area contributed by atoms with Gasteiger partial charge in [-0.25, -0.2) is 9.97 Å². The highest BCUT2D eigenvalue weighted by Crippen LogP contribution is 2.29. The summed E-state index contributed by atoms with van der Waals surface area (Å²) in [5.74, 6) is 0.295. The first-order valence-electron chi connectivity index (χ1n) is 8.59. The third kappa shape index (κ3) is 3.35. The van der Waals surface area contributed by atoms with Gasteiger partial charge in [-0.3, -0.25) is 4.79 Å². The van der Waals surface area contributed by atoms with Crippen molar-refractivity contribution in [3.63, 3.8) is 0 Å². The second kappa shape index (κ2) is 6.88. The summed E-state index contributed by atoms with van der Waals surface area (Å²) in [6.07, 6.45) is 1.46. The number of aryl methyl sites for hydroxylation is 1. The number of hydrogen-bond acceptors (Lipinski definition) is 4. The molecule has 0 aliphatic heterocycles. The first kappa shape index (κ1) is 16.7. The Morgan fingerprint density at radius 1 is 0.963 bits per heavy atom. The van der Waals surface area contributed by atoms with Crippen LogP contribution in [-0.2, 0) is 0 Å². The molecule has 3 N–H and O–H groups in total. The van der Waals surface area contributed by atoms with Gasteiger partial charge in [-0.05, 0) is 60.0 Å². The zero-order valence-electron chi connectivity index (χ0n) is 14.8. The molecule has 27 heavy (non-hydrogen) atoms. The Kier molecular flexibility index (Phi) is 4.26. The van der Waals surface area contributed by atoms with Gasteiger partial charge < -0.3 is 11.1 Å². The van der Waals surface area contributed by atoms with E-state index < -0.39 is 0 Å². The lowest BCUT2D eigenvalue weighted by atomic mass is 9.96. The Bertz CT molecular complexity index is 1140. The smallest absolute Gasteiger partial charge is 0.255 e. The lowest BCUT2D eigenvalue weighted by molar-refractivity contribution is 0.102. The molecule has 1 heterocycles. The van der Waals surface area contributed by atoms with E-state index in [0.29, 0.717) is 11.4 Å². The molecule has 0 saturated carbocycles. The number of amides is 1. The Morgan fingerprint density at radius 3 is 2.59 bits per heavy atom. The van der Waals surface area contributed by atoms with Gasteiger partial charge in [0.2, 0.25) is 0 Å². The minimum Gasteiger partial charge on any atom is -0.383 e. The summed E-state index contributed by atoms with van der Waals surface area (Å²) in [6, 6.07) is 20.9. The molecule has 0 spiro atoms. The molecular weight excluding hydrogens is 336 g/mol. The number of rotatable bonds is 3. The summed E-state index contributed by atoms with van der Waals surface area (Å²) in [7, 11) is 0. The summed E-state index contributed by atoms with van der Waals surface area (Å²) in [5.41, 5.74) is 11.2. The molecule has 5 nitrogen and oxygen atoms in total. The molecule has 0 radical (unpaired) electrons. The van der Waals surface area contributed by atoms with Gasteiger partial charge in [0.05, 0.1) is 5.52 Å². The highest BCUT2D eigenvalue weighted by atomic mass is 16.1. The Balaban J connectivity index is 1.72. The first-order chi connectivity index (χ1) is 13.1. The van der Waals surface area contributed by atoms with Crippen molar-refractivity contribution >= 4 is 28.3 Å². The maximum absolute atomic E-state index is 12.6. The molecule has 0 bridgehead atoms. The summed E-state index contributed by atoms with van der Waals surface area (Å²) in [6.45, 7) is 2.02. The van der Waals surface area contributed by atoms with Crippen LogP contribution in [0.15, 0.2) is 73.1 Å². The zero-order valence-corrected chi connectivity index (χ0v) is 14.8. The van der Waals surface area contributed by atoms with Crippen molar-refractivity contribution in [3.8, 4) is 11.1 Å². The average molecular weight is 354 g/mol. The summed E-state index contributed by atoms with van der Waals surface area (Å²) < 4.78 is 0. The SMILES string of the molecule is Cc1ccc(C(=O)Nc2ccccc2)cc1-c1ccc2ncnc(N)c2c1. The highest BCUT2D eigenvalue weighted by Gasteiger charge is 2.11. The van der Waals surface area contributed by atoms with Crippen molar-refractivity contribution in [2.75, 3.05) is 11.1 Å².